The van der Waals surface area contributed by atoms with Crippen LogP contribution in [0, 0.1) is 16.0 Å². The van der Waals surface area contributed by atoms with Gasteiger partial charge in [0.2, 0.25) is 0 Å². The predicted molar refractivity (Wildman–Crippen MR) is 99.8 cm³/mol. The Hall–Kier alpha value is -2.69. The van der Waals surface area contributed by atoms with Crippen molar-refractivity contribution in [1.29, 1.82) is 0 Å². The molecule has 2 rings (SSSR count). The number of para-hydroxylation sites is 1. The summed E-state index contributed by atoms with van der Waals surface area (Å²) in [5.41, 5.74) is 3.05. The first kappa shape index (κ1) is 18.6. The Morgan fingerprint density at radius 3 is 2.16 bits per heavy atom. The molecule has 0 aliphatic heterocycles. The first-order valence-electron chi connectivity index (χ1n) is 8.41. The maximum atomic E-state index is 12.0. The SMILES string of the molecule is CC(=O)[C@H](C)[C@@H](Nc1ccccc1C(C)C)c1ccc([N+](=O)[O-])cc1. The average molecular weight is 340 g/mol. The minimum Gasteiger partial charge on any atom is -0.377 e. The zero-order valence-electron chi connectivity index (χ0n) is 15.0. The number of Topliss-reactive ketones (excluding diaryl/α,β-unsaturated/α-hetero) is 1. The maximum absolute atomic E-state index is 12.0. The first-order chi connectivity index (χ1) is 11.8. The molecule has 0 radical (unpaired) electrons. The lowest BCUT2D eigenvalue weighted by Crippen LogP contribution is -2.24. The number of nitro groups is 1. The lowest BCUT2D eigenvalue weighted by molar-refractivity contribution is -0.384. The van der Waals surface area contributed by atoms with Crippen LogP contribution in [0.1, 0.15) is 50.8 Å². The molecule has 2 aromatic carbocycles. The van der Waals surface area contributed by atoms with Crippen molar-refractivity contribution in [3.05, 3.63) is 69.8 Å². The molecule has 0 saturated carbocycles. The third kappa shape index (κ3) is 4.44. The van der Waals surface area contributed by atoms with Gasteiger partial charge in [0.05, 0.1) is 11.0 Å². The molecule has 5 heteroatoms. The number of nitrogens with zero attached hydrogens (tertiary/aromatic N) is 1. The molecule has 0 bridgehead atoms. The molecule has 0 fully saturated rings. The van der Waals surface area contributed by atoms with Crippen molar-refractivity contribution < 1.29 is 9.72 Å². The van der Waals surface area contributed by atoms with Crippen molar-refractivity contribution >= 4 is 17.2 Å². The van der Waals surface area contributed by atoms with E-state index in [1.807, 2.05) is 25.1 Å². The molecule has 2 atom stereocenters. The topological polar surface area (TPSA) is 72.2 Å². The van der Waals surface area contributed by atoms with Crippen LogP contribution in [0.3, 0.4) is 0 Å². The van der Waals surface area contributed by atoms with Crippen LogP contribution in [0.15, 0.2) is 48.5 Å². The highest BCUT2D eigenvalue weighted by molar-refractivity contribution is 5.79. The van der Waals surface area contributed by atoms with Crippen LogP contribution >= 0.6 is 0 Å². The first-order valence-corrected chi connectivity index (χ1v) is 8.41. The molecule has 0 aliphatic carbocycles. The molecule has 0 amide bonds. The fourth-order valence-electron chi connectivity index (χ4n) is 2.83. The molecular weight excluding hydrogens is 316 g/mol. The summed E-state index contributed by atoms with van der Waals surface area (Å²) in [5.74, 6) is 0.147. The van der Waals surface area contributed by atoms with Crippen molar-refractivity contribution in [3.63, 3.8) is 0 Å². The van der Waals surface area contributed by atoms with E-state index in [2.05, 4.69) is 25.2 Å². The van der Waals surface area contributed by atoms with Gasteiger partial charge in [-0.1, -0.05) is 51.1 Å². The minimum atomic E-state index is -0.422. The summed E-state index contributed by atoms with van der Waals surface area (Å²) in [6.45, 7) is 7.68. The molecule has 0 aromatic heterocycles. The predicted octanol–water partition coefficient (Wildman–Crippen LogP) is 5.10. The smallest absolute Gasteiger partial charge is 0.269 e. The number of carbonyl (C=O) groups is 1. The molecule has 0 spiro atoms. The summed E-state index contributed by atoms with van der Waals surface area (Å²) in [7, 11) is 0. The van der Waals surface area contributed by atoms with Crippen LogP contribution in [0.5, 0.6) is 0 Å². The summed E-state index contributed by atoms with van der Waals surface area (Å²) in [6, 6.07) is 14.2. The van der Waals surface area contributed by atoms with Gasteiger partial charge in [0.1, 0.15) is 5.78 Å². The summed E-state index contributed by atoms with van der Waals surface area (Å²) < 4.78 is 0. The monoisotopic (exact) mass is 340 g/mol. The van der Waals surface area contributed by atoms with Gasteiger partial charge in [0, 0.05) is 23.7 Å². The van der Waals surface area contributed by atoms with E-state index in [4.69, 9.17) is 0 Å². The highest BCUT2D eigenvalue weighted by atomic mass is 16.6. The normalized spacial score (nSPS) is 13.3. The Labute approximate surface area is 148 Å². The van der Waals surface area contributed by atoms with Gasteiger partial charge >= 0.3 is 0 Å². The molecule has 1 N–H and O–H groups in total. The second-order valence-electron chi connectivity index (χ2n) is 6.61. The van der Waals surface area contributed by atoms with Crippen molar-refractivity contribution in [1.82, 2.24) is 0 Å². The summed E-state index contributed by atoms with van der Waals surface area (Å²) in [5, 5.41) is 14.4. The van der Waals surface area contributed by atoms with Crippen LogP contribution in [0.2, 0.25) is 0 Å². The van der Waals surface area contributed by atoms with E-state index in [1.165, 1.54) is 17.7 Å². The molecule has 0 saturated heterocycles. The van der Waals surface area contributed by atoms with Gasteiger partial charge in [-0.25, -0.2) is 0 Å². The van der Waals surface area contributed by atoms with Gasteiger partial charge in [-0.15, -0.1) is 0 Å². The van der Waals surface area contributed by atoms with Crippen LogP contribution in [-0.4, -0.2) is 10.7 Å². The molecule has 0 aliphatic rings. The lowest BCUT2D eigenvalue weighted by atomic mass is 9.90. The number of hydrogen-bond acceptors (Lipinski definition) is 4. The number of hydrogen-bond donors (Lipinski definition) is 1. The Kier molecular flexibility index (Phi) is 5.91. The number of anilines is 1. The van der Waals surface area contributed by atoms with Gasteiger partial charge in [-0.05, 0) is 30.0 Å². The van der Waals surface area contributed by atoms with Crippen LogP contribution in [-0.2, 0) is 4.79 Å². The number of rotatable bonds is 7. The fraction of sp³-hybridized carbons (Fsp3) is 0.350. The van der Waals surface area contributed by atoms with E-state index < -0.39 is 4.92 Å². The minimum absolute atomic E-state index is 0.0422. The zero-order valence-corrected chi connectivity index (χ0v) is 15.0. The van der Waals surface area contributed by atoms with Crippen LogP contribution < -0.4 is 5.32 Å². The highest BCUT2D eigenvalue weighted by Crippen LogP contribution is 2.32. The standard InChI is InChI=1S/C20H24N2O3/c1-13(2)18-7-5-6-8-19(18)21-20(14(3)15(4)23)16-9-11-17(12-10-16)22(24)25/h5-14,20-21H,1-4H3/t14-,20+/m0/s1. The molecule has 132 valence electrons. The number of non-ortho nitro benzene ring substituents is 1. The summed E-state index contributed by atoms with van der Waals surface area (Å²) >= 11 is 0. The Bertz CT molecular complexity index is 754. The Morgan fingerprint density at radius 1 is 1.04 bits per heavy atom. The summed E-state index contributed by atoms with van der Waals surface area (Å²) in [6.07, 6.45) is 0. The van der Waals surface area contributed by atoms with Gasteiger partial charge in [0.25, 0.3) is 5.69 Å². The van der Waals surface area contributed by atoms with Crippen molar-refractivity contribution in [2.24, 2.45) is 5.92 Å². The van der Waals surface area contributed by atoms with Crippen LogP contribution in [0.25, 0.3) is 0 Å². The summed E-state index contributed by atoms with van der Waals surface area (Å²) in [4.78, 5) is 22.4. The van der Waals surface area contributed by atoms with Crippen molar-refractivity contribution in [2.45, 2.75) is 39.7 Å². The maximum Gasteiger partial charge on any atom is 0.269 e. The van der Waals surface area contributed by atoms with E-state index in [9.17, 15) is 14.9 Å². The second kappa shape index (κ2) is 7.92. The van der Waals surface area contributed by atoms with Crippen LogP contribution in [0.4, 0.5) is 11.4 Å². The Balaban J connectivity index is 2.40. The number of benzene rings is 2. The largest absolute Gasteiger partial charge is 0.377 e. The van der Waals surface area contributed by atoms with Gasteiger partial charge in [-0.3, -0.25) is 14.9 Å². The van der Waals surface area contributed by atoms with Gasteiger partial charge < -0.3 is 5.32 Å². The average Bonchev–Trinajstić information content (AvgIpc) is 2.59. The number of nitro benzene ring substituents is 1. The van der Waals surface area contributed by atoms with E-state index in [-0.39, 0.29) is 23.4 Å². The van der Waals surface area contributed by atoms with Crippen molar-refractivity contribution in [3.8, 4) is 0 Å². The molecular formula is C20H24N2O3. The van der Waals surface area contributed by atoms with Gasteiger partial charge in [0.15, 0.2) is 0 Å². The van der Waals surface area contributed by atoms with E-state index in [0.29, 0.717) is 5.92 Å². The quantitative estimate of drug-likeness (QED) is 0.562. The van der Waals surface area contributed by atoms with Gasteiger partial charge in [-0.2, -0.15) is 0 Å². The van der Waals surface area contributed by atoms with E-state index >= 15 is 0 Å². The molecule has 0 unspecified atom stereocenters. The molecule has 0 heterocycles. The third-order valence-electron chi connectivity index (χ3n) is 4.50. The molecule has 2 aromatic rings. The number of ketones is 1. The lowest BCUT2D eigenvalue weighted by Gasteiger charge is -2.27. The zero-order chi connectivity index (χ0) is 18.6. The fourth-order valence-corrected chi connectivity index (χ4v) is 2.83. The molecule has 5 nitrogen and oxygen atoms in total. The highest BCUT2D eigenvalue weighted by Gasteiger charge is 2.24. The molecule has 25 heavy (non-hydrogen) atoms. The number of nitrogens with one attached hydrogen (secondary N) is 1. The number of carbonyl (C=O) groups excluding carboxylic acids is 1. The van der Waals surface area contributed by atoms with Crippen molar-refractivity contribution in [2.75, 3.05) is 5.32 Å². The van der Waals surface area contributed by atoms with E-state index in [1.54, 1.807) is 19.1 Å². The Morgan fingerprint density at radius 2 is 1.64 bits per heavy atom. The second-order valence-corrected chi connectivity index (χ2v) is 6.61. The third-order valence-corrected chi connectivity index (χ3v) is 4.50. The van der Waals surface area contributed by atoms with E-state index in [0.717, 1.165) is 11.3 Å².